The first-order chi connectivity index (χ1) is 39.1. The van der Waals surface area contributed by atoms with Gasteiger partial charge in [0.1, 0.15) is 48.0 Å². The maximum Gasteiger partial charge on any atom is 0.330 e. The molecule has 1 aromatic heterocycles. The fourth-order valence-corrected chi connectivity index (χ4v) is 9.76. The van der Waals surface area contributed by atoms with E-state index in [1.807, 2.05) is 5.43 Å². The number of rotatable bonds is 26. The smallest absolute Gasteiger partial charge is 0.330 e. The summed E-state index contributed by atoms with van der Waals surface area (Å²) in [5, 5.41) is 37.1. The zero-order chi connectivity index (χ0) is 59.6. The lowest BCUT2D eigenvalue weighted by molar-refractivity contribution is -0.142. The van der Waals surface area contributed by atoms with Gasteiger partial charge in [0.05, 0.1) is 18.2 Å². The molecule has 27 nitrogen and oxygen atoms in total. The number of benzene rings is 3. The standard InChI is InChI=1S/C55H73N15O12/c1-30(2)24-39(47(75)62-37(13-8-22-60-54(57)58)52(80)69-23-9-15-44(69)51(79)67-68-55(59)82)63-48(76)40(25-31-10-4-3-5-11-31)64-49(77)41(26-32-16-18-34(72)19-17-32)65-50(78)42(29-71)66-46(74)36(56)27-33-28-70(43-14-7-6-12-35(33)43)53(81)38-20-21-45(73)61-38/h3-7,10-12,14,16-19,28,30,36-42,44,71-72H,8-9,13,15,20-27,29,56H2,1-2H3,(H,61,73)(H,62,75)(H,63,76)(H,64,77)(H,65,78)(H,66,74)(H,67,79)(H4,57,58,60)(H3,59,68,82)/t36-,37-,38-,39-,40+,41-,42-,44-/m0/s1. The summed E-state index contributed by atoms with van der Waals surface area (Å²) in [6, 6.07) is 10.0. The molecule has 0 radical (unpaired) electrons. The number of aromatic hydroxyl groups is 1. The van der Waals surface area contributed by atoms with Gasteiger partial charge in [-0.1, -0.05) is 74.5 Å². The van der Waals surface area contributed by atoms with Gasteiger partial charge in [-0.25, -0.2) is 10.2 Å². The van der Waals surface area contributed by atoms with Crippen LogP contribution in [0.1, 0.15) is 80.3 Å². The van der Waals surface area contributed by atoms with Crippen LogP contribution in [-0.2, 0) is 57.6 Å². The van der Waals surface area contributed by atoms with E-state index in [9.17, 15) is 58.2 Å². The molecule has 82 heavy (non-hydrogen) atoms. The van der Waals surface area contributed by atoms with Crippen molar-refractivity contribution in [3.63, 3.8) is 0 Å². The topological polar surface area (TPSA) is 432 Å². The molecule has 2 fully saturated rings. The van der Waals surface area contributed by atoms with Gasteiger partial charge in [0.25, 0.3) is 11.8 Å². The molecule has 2 aliphatic rings. The minimum atomic E-state index is -1.66. The summed E-state index contributed by atoms with van der Waals surface area (Å²) in [5.41, 5.74) is 28.8. The Bertz CT molecular complexity index is 2990. The summed E-state index contributed by atoms with van der Waals surface area (Å²) < 4.78 is 1.40. The molecule has 3 aromatic carbocycles. The Morgan fingerprint density at radius 2 is 1.29 bits per heavy atom. The average Bonchev–Trinajstić information content (AvgIpc) is 4.24. The number of hydrogen-bond donors (Lipinski definition) is 14. The molecule has 3 heterocycles. The van der Waals surface area contributed by atoms with E-state index in [0.717, 1.165) is 0 Å². The number of primary amides is 1. The summed E-state index contributed by atoms with van der Waals surface area (Å²) in [7, 11) is 0. The highest BCUT2D eigenvalue weighted by Crippen LogP contribution is 2.25. The molecule has 18 N–H and O–H groups in total. The minimum Gasteiger partial charge on any atom is -0.508 e. The van der Waals surface area contributed by atoms with Gasteiger partial charge < -0.3 is 69.9 Å². The highest BCUT2D eigenvalue weighted by Gasteiger charge is 2.40. The third kappa shape index (κ3) is 17.4. The van der Waals surface area contributed by atoms with Crippen molar-refractivity contribution in [3.05, 3.63) is 102 Å². The minimum absolute atomic E-state index is 0.00193. The van der Waals surface area contributed by atoms with Crippen molar-refractivity contribution in [1.82, 2.24) is 52.2 Å². The van der Waals surface area contributed by atoms with Gasteiger partial charge in [0.15, 0.2) is 5.96 Å². The molecule has 6 rings (SSSR count). The SMILES string of the molecule is CC(C)C[C@H](NC(=O)[C@@H](Cc1ccccc1)NC(=O)[C@H](Cc1ccc(O)cc1)NC(=O)[C@H](CO)NC(=O)[C@@H](N)Cc1cn(C(=O)[C@@H]2CCC(=O)N2)c2ccccc12)C(=O)N[C@@H](CCCN=C(N)N)C(=O)N1CCC[C@H]1C(=O)NNC(N)=O. The van der Waals surface area contributed by atoms with E-state index in [0.29, 0.717) is 40.4 Å². The molecule has 2 aliphatic heterocycles. The van der Waals surface area contributed by atoms with E-state index in [2.05, 4.69) is 42.3 Å². The number of aliphatic hydroxyl groups is 1. The number of urea groups is 1. The van der Waals surface area contributed by atoms with Crippen molar-refractivity contribution in [2.24, 2.45) is 33.8 Å². The Morgan fingerprint density at radius 3 is 1.90 bits per heavy atom. The van der Waals surface area contributed by atoms with E-state index in [1.165, 1.54) is 33.7 Å². The number of guanidine groups is 1. The Labute approximate surface area is 472 Å². The number of phenolic OH excluding ortho intramolecular Hbond substituents is 1. The highest BCUT2D eigenvalue weighted by atomic mass is 16.3. The number of aliphatic imine (C=N–C) groups is 1. The fourth-order valence-electron chi connectivity index (χ4n) is 9.76. The van der Waals surface area contributed by atoms with E-state index < -0.39 is 102 Å². The van der Waals surface area contributed by atoms with Crippen molar-refractivity contribution in [2.45, 2.75) is 126 Å². The lowest BCUT2D eigenvalue weighted by Crippen LogP contribution is -2.61. The number of fused-ring (bicyclic) bond motifs is 1. The second kappa shape index (κ2) is 29.4. The van der Waals surface area contributed by atoms with E-state index in [-0.39, 0.29) is 93.9 Å². The van der Waals surface area contributed by atoms with Crippen LogP contribution in [0.5, 0.6) is 5.75 Å². The molecule has 0 aliphatic carbocycles. The predicted molar refractivity (Wildman–Crippen MR) is 299 cm³/mol. The molecule has 2 saturated heterocycles. The first-order valence-corrected chi connectivity index (χ1v) is 27.0. The third-order valence-electron chi connectivity index (χ3n) is 13.9. The van der Waals surface area contributed by atoms with Gasteiger partial charge in [0.2, 0.25) is 41.4 Å². The molecule has 0 spiro atoms. The maximum atomic E-state index is 14.7. The molecular weight excluding hydrogens is 1060 g/mol. The summed E-state index contributed by atoms with van der Waals surface area (Å²) in [6.07, 6.45) is 2.52. The van der Waals surface area contributed by atoms with Crippen LogP contribution in [0.15, 0.2) is 90.1 Å². The van der Waals surface area contributed by atoms with Crippen LogP contribution in [0.3, 0.4) is 0 Å². The summed E-state index contributed by atoms with van der Waals surface area (Å²) in [4.78, 5) is 141. The summed E-state index contributed by atoms with van der Waals surface area (Å²) >= 11 is 0. The number of phenols is 1. The Hall–Kier alpha value is -9.11. The van der Waals surface area contributed by atoms with Gasteiger partial charge in [0, 0.05) is 43.9 Å². The summed E-state index contributed by atoms with van der Waals surface area (Å²) in [6.45, 7) is 2.89. The Balaban J connectivity index is 1.20. The number of hydrogen-bond acceptors (Lipinski definition) is 14. The van der Waals surface area contributed by atoms with Crippen LogP contribution in [0.25, 0.3) is 10.9 Å². The maximum absolute atomic E-state index is 14.7. The number of nitrogens with zero attached hydrogens (tertiary/aromatic N) is 3. The number of nitrogens with two attached hydrogens (primary N) is 4. The molecule has 0 unspecified atom stereocenters. The number of hydrazine groups is 1. The molecular formula is C55H73N15O12. The van der Waals surface area contributed by atoms with Crippen LogP contribution in [-0.4, -0.2) is 153 Å². The molecule has 0 saturated carbocycles. The van der Waals surface area contributed by atoms with E-state index >= 15 is 0 Å². The number of aromatic nitrogens is 1. The predicted octanol–water partition coefficient (Wildman–Crippen LogP) is -2.17. The van der Waals surface area contributed by atoms with Gasteiger partial charge in [-0.05, 0) is 85.8 Å². The zero-order valence-corrected chi connectivity index (χ0v) is 45.6. The van der Waals surface area contributed by atoms with E-state index in [4.69, 9.17) is 22.9 Å². The molecule has 4 aromatic rings. The number of likely N-dealkylation sites (tertiary alicyclic amines) is 1. The van der Waals surface area contributed by atoms with Crippen molar-refractivity contribution in [1.29, 1.82) is 0 Å². The molecule has 10 amide bonds. The number of para-hydroxylation sites is 1. The van der Waals surface area contributed by atoms with Gasteiger partial charge in [-0.15, -0.1) is 0 Å². The first kappa shape index (κ1) is 62.1. The number of amides is 10. The third-order valence-corrected chi connectivity index (χ3v) is 13.9. The normalized spacial score (nSPS) is 17.0. The molecule has 8 atom stereocenters. The van der Waals surface area contributed by atoms with Crippen molar-refractivity contribution < 1.29 is 58.2 Å². The number of carbonyl (C=O) groups is 10. The Kier molecular flexibility index (Phi) is 22.2. The second-order valence-electron chi connectivity index (χ2n) is 20.6. The summed E-state index contributed by atoms with van der Waals surface area (Å²) in [5.74, 6) is -6.80. The largest absolute Gasteiger partial charge is 0.508 e. The average molecular weight is 1140 g/mol. The second-order valence-corrected chi connectivity index (χ2v) is 20.6. The highest BCUT2D eigenvalue weighted by molar-refractivity contribution is 6.01. The monoisotopic (exact) mass is 1140 g/mol. The lowest BCUT2D eigenvalue weighted by atomic mass is 9.99. The fraction of sp³-hybridized carbons (Fsp3) is 0.436. The number of carbonyl (C=O) groups excluding carboxylic acids is 10. The molecule has 440 valence electrons. The van der Waals surface area contributed by atoms with Crippen molar-refractivity contribution in [2.75, 3.05) is 19.7 Å². The number of aliphatic hydroxyl groups excluding tert-OH is 1. The Morgan fingerprint density at radius 1 is 0.707 bits per heavy atom. The van der Waals surface area contributed by atoms with Crippen LogP contribution in [0.2, 0.25) is 0 Å². The lowest BCUT2D eigenvalue weighted by Gasteiger charge is -2.30. The van der Waals surface area contributed by atoms with E-state index in [1.54, 1.807) is 74.6 Å². The van der Waals surface area contributed by atoms with Gasteiger partial charge in [-0.2, -0.15) is 0 Å². The number of nitrogens with one attached hydrogen (secondary N) is 8. The quantitative estimate of drug-likeness (QED) is 0.0138. The van der Waals surface area contributed by atoms with Crippen LogP contribution < -0.4 is 65.7 Å². The van der Waals surface area contributed by atoms with Crippen LogP contribution in [0.4, 0.5) is 4.79 Å². The van der Waals surface area contributed by atoms with Crippen molar-refractivity contribution in [3.8, 4) is 5.75 Å². The van der Waals surface area contributed by atoms with Gasteiger partial charge >= 0.3 is 6.03 Å². The van der Waals surface area contributed by atoms with Crippen LogP contribution >= 0.6 is 0 Å². The first-order valence-electron chi connectivity index (χ1n) is 27.0. The van der Waals surface area contributed by atoms with Crippen molar-refractivity contribution >= 4 is 76.1 Å². The molecule has 27 heteroatoms. The van der Waals surface area contributed by atoms with Crippen LogP contribution in [0, 0.1) is 5.92 Å². The molecule has 0 bridgehead atoms. The van der Waals surface area contributed by atoms with Gasteiger partial charge in [-0.3, -0.25) is 58.1 Å². The zero-order valence-electron chi connectivity index (χ0n) is 45.6.